The molecule has 1 saturated heterocycles. The van der Waals surface area contributed by atoms with Crippen LogP contribution in [0, 0.1) is 11.8 Å². The lowest BCUT2D eigenvalue weighted by Gasteiger charge is -2.33. The number of hydrogen-bond acceptors (Lipinski definition) is 6. The van der Waals surface area contributed by atoms with Crippen LogP contribution in [-0.4, -0.2) is 86.3 Å². The smallest absolute Gasteiger partial charge is 0.255 e. The van der Waals surface area contributed by atoms with Gasteiger partial charge in [-0.05, 0) is 55.4 Å². The molecular formula is C31H45N3O5. The van der Waals surface area contributed by atoms with Gasteiger partial charge in [-0.15, -0.1) is 0 Å². The molecule has 2 aromatic carbocycles. The summed E-state index contributed by atoms with van der Waals surface area (Å²) in [4.78, 5) is 30.2. The molecule has 1 unspecified atom stereocenters. The molecule has 0 spiro atoms. The average molecular weight is 540 g/mol. The van der Waals surface area contributed by atoms with Gasteiger partial charge in [0.2, 0.25) is 0 Å². The van der Waals surface area contributed by atoms with E-state index in [1.807, 2.05) is 55.1 Å². The highest BCUT2D eigenvalue weighted by atomic mass is 16.5. The van der Waals surface area contributed by atoms with Gasteiger partial charge < -0.3 is 29.7 Å². The number of carbonyl (C=O) groups is 2. The first-order chi connectivity index (χ1) is 18.8. The van der Waals surface area contributed by atoms with Crippen LogP contribution in [0.4, 0.5) is 0 Å². The van der Waals surface area contributed by atoms with Crippen molar-refractivity contribution >= 4 is 11.8 Å². The normalized spacial score (nSPS) is 17.7. The number of likely N-dealkylation sites (N-methyl/N-ethyl adjacent to an activating group) is 1. The summed E-state index contributed by atoms with van der Waals surface area (Å²) in [5, 5.41) is 14.0. The summed E-state index contributed by atoms with van der Waals surface area (Å²) in [5.74, 6) is 0.751. The minimum absolute atomic E-state index is 0.00920. The number of benzene rings is 2. The number of hydrogen-bond donors (Lipinski definition) is 2. The van der Waals surface area contributed by atoms with Crippen molar-refractivity contribution in [3.05, 3.63) is 65.2 Å². The van der Waals surface area contributed by atoms with Crippen molar-refractivity contribution in [3.63, 3.8) is 0 Å². The van der Waals surface area contributed by atoms with Crippen molar-refractivity contribution in [2.45, 2.75) is 45.8 Å². The molecule has 2 aromatic rings. The summed E-state index contributed by atoms with van der Waals surface area (Å²) in [6.07, 6.45) is 0.420. The number of rotatable bonds is 14. The van der Waals surface area contributed by atoms with Crippen molar-refractivity contribution in [1.82, 2.24) is 15.1 Å². The minimum atomic E-state index is -1.19. The molecular weight excluding hydrogens is 494 g/mol. The van der Waals surface area contributed by atoms with Crippen molar-refractivity contribution in [1.29, 1.82) is 0 Å². The standard InChI is InChI=1S/C31H45N3O5/c1-6-23-13-14-25(17-28(23)39-16-10-15-38-5)30(36)34(22(2)3)21-27-19-32-18-26(27)20-33(4)31(37)29(35)24-11-8-7-9-12-24/h7-9,11-14,17,22,26-27,29,32,35H,6,10,15-16,18-21H2,1-5H3/t26-,27-,29?/m0/s1. The van der Waals surface area contributed by atoms with E-state index in [9.17, 15) is 14.7 Å². The molecule has 1 aliphatic rings. The van der Waals surface area contributed by atoms with Crippen molar-refractivity contribution in [2.24, 2.45) is 11.8 Å². The summed E-state index contributed by atoms with van der Waals surface area (Å²) in [6.45, 7) is 9.92. The zero-order valence-corrected chi connectivity index (χ0v) is 24.1. The average Bonchev–Trinajstić information content (AvgIpc) is 3.39. The van der Waals surface area contributed by atoms with E-state index < -0.39 is 6.10 Å². The molecule has 0 saturated carbocycles. The number of nitrogens with one attached hydrogen (secondary N) is 1. The Hall–Kier alpha value is -2.94. The van der Waals surface area contributed by atoms with Crippen LogP contribution < -0.4 is 10.1 Å². The Morgan fingerprint density at radius 2 is 1.74 bits per heavy atom. The van der Waals surface area contributed by atoms with E-state index in [2.05, 4.69) is 12.2 Å². The monoisotopic (exact) mass is 539 g/mol. The predicted molar refractivity (Wildman–Crippen MR) is 153 cm³/mol. The Kier molecular flexibility index (Phi) is 11.8. The van der Waals surface area contributed by atoms with Crippen LogP contribution in [0.5, 0.6) is 5.75 Å². The number of aryl methyl sites for hydroxylation is 1. The first-order valence-electron chi connectivity index (χ1n) is 14.0. The van der Waals surface area contributed by atoms with Crippen molar-refractivity contribution in [2.75, 3.05) is 53.6 Å². The number of ether oxygens (including phenoxy) is 2. The quantitative estimate of drug-likeness (QED) is 0.357. The maximum Gasteiger partial charge on any atom is 0.255 e. The van der Waals surface area contributed by atoms with Crippen LogP contribution in [-0.2, 0) is 16.0 Å². The fraction of sp³-hybridized carbons (Fsp3) is 0.548. The summed E-state index contributed by atoms with van der Waals surface area (Å²) in [5.41, 5.74) is 2.28. The molecule has 0 aliphatic carbocycles. The molecule has 2 amide bonds. The van der Waals surface area contributed by atoms with Gasteiger partial charge in [-0.25, -0.2) is 0 Å². The van der Waals surface area contributed by atoms with Gasteiger partial charge in [0.05, 0.1) is 6.61 Å². The highest BCUT2D eigenvalue weighted by molar-refractivity contribution is 5.95. The van der Waals surface area contributed by atoms with Gasteiger partial charge >= 0.3 is 0 Å². The number of carbonyl (C=O) groups excluding carboxylic acids is 2. The molecule has 2 N–H and O–H groups in total. The minimum Gasteiger partial charge on any atom is -0.493 e. The Morgan fingerprint density at radius 1 is 1.05 bits per heavy atom. The van der Waals surface area contributed by atoms with Crippen LogP contribution in [0.3, 0.4) is 0 Å². The second kappa shape index (κ2) is 15.0. The third kappa shape index (κ3) is 8.27. The summed E-state index contributed by atoms with van der Waals surface area (Å²) < 4.78 is 11.1. The van der Waals surface area contributed by atoms with Crippen molar-refractivity contribution in [3.8, 4) is 5.75 Å². The number of amides is 2. The molecule has 3 atom stereocenters. The van der Waals surface area contributed by atoms with Crippen LogP contribution in [0.15, 0.2) is 48.5 Å². The molecule has 8 heteroatoms. The summed E-state index contributed by atoms with van der Waals surface area (Å²) in [7, 11) is 3.41. The van der Waals surface area contributed by atoms with Gasteiger partial charge in [0.1, 0.15) is 5.75 Å². The van der Waals surface area contributed by atoms with Gasteiger partial charge in [0.15, 0.2) is 6.10 Å². The molecule has 8 nitrogen and oxygen atoms in total. The van der Waals surface area contributed by atoms with Crippen LogP contribution in [0.25, 0.3) is 0 Å². The Labute approximate surface area is 233 Å². The molecule has 0 bridgehead atoms. The van der Waals surface area contributed by atoms with Gasteiger partial charge in [0.25, 0.3) is 11.8 Å². The SMILES string of the molecule is CCc1ccc(C(=O)N(C[C@@H]2CNC[C@H]2CN(C)C(=O)C(O)c2ccccc2)C(C)C)cc1OCCCOC. The molecule has 3 rings (SSSR count). The van der Waals surface area contributed by atoms with Gasteiger partial charge in [-0.3, -0.25) is 9.59 Å². The van der Waals surface area contributed by atoms with E-state index in [1.165, 1.54) is 0 Å². The Bertz CT molecular complexity index is 1060. The van der Waals surface area contributed by atoms with E-state index >= 15 is 0 Å². The third-order valence-corrected chi connectivity index (χ3v) is 7.47. The molecule has 1 heterocycles. The zero-order chi connectivity index (χ0) is 28.4. The molecule has 0 radical (unpaired) electrons. The zero-order valence-electron chi connectivity index (χ0n) is 24.1. The molecule has 39 heavy (non-hydrogen) atoms. The van der Waals surface area contributed by atoms with Crippen LogP contribution >= 0.6 is 0 Å². The topological polar surface area (TPSA) is 91.3 Å². The van der Waals surface area contributed by atoms with Gasteiger partial charge in [0, 0.05) is 65.0 Å². The first kappa shape index (κ1) is 30.6. The molecule has 1 aliphatic heterocycles. The lowest BCUT2D eigenvalue weighted by atomic mass is 9.93. The largest absolute Gasteiger partial charge is 0.493 e. The lowest BCUT2D eigenvalue weighted by molar-refractivity contribution is -0.139. The first-order valence-corrected chi connectivity index (χ1v) is 14.0. The lowest BCUT2D eigenvalue weighted by Crippen LogP contribution is -2.44. The number of aliphatic hydroxyl groups excluding tert-OH is 1. The molecule has 0 aromatic heterocycles. The highest BCUT2D eigenvalue weighted by Crippen LogP contribution is 2.26. The van der Waals surface area contributed by atoms with Crippen LogP contribution in [0.2, 0.25) is 0 Å². The second-order valence-electron chi connectivity index (χ2n) is 10.6. The fourth-order valence-electron chi connectivity index (χ4n) is 5.09. The highest BCUT2D eigenvalue weighted by Gasteiger charge is 2.34. The summed E-state index contributed by atoms with van der Waals surface area (Å²) in [6, 6.07) is 14.7. The second-order valence-corrected chi connectivity index (χ2v) is 10.6. The molecule has 214 valence electrons. The Balaban J connectivity index is 1.68. The third-order valence-electron chi connectivity index (χ3n) is 7.47. The maximum atomic E-state index is 13.7. The van der Waals surface area contributed by atoms with Gasteiger partial charge in [-0.1, -0.05) is 43.3 Å². The predicted octanol–water partition coefficient (Wildman–Crippen LogP) is 3.54. The van der Waals surface area contributed by atoms with Crippen LogP contribution in [0.1, 0.15) is 54.8 Å². The maximum absolute atomic E-state index is 13.7. The molecule has 1 fully saturated rings. The number of methoxy groups -OCH3 is 1. The number of aliphatic hydroxyl groups is 1. The number of nitrogens with zero attached hydrogens (tertiary/aromatic N) is 2. The van der Waals surface area contributed by atoms with E-state index in [0.717, 1.165) is 37.2 Å². The van der Waals surface area contributed by atoms with E-state index in [0.29, 0.717) is 37.4 Å². The van der Waals surface area contributed by atoms with E-state index in [-0.39, 0.29) is 29.7 Å². The Morgan fingerprint density at radius 3 is 2.38 bits per heavy atom. The van der Waals surface area contributed by atoms with E-state index in [1.54, 1.807) is 31.2 Å². The van der Waals surface area contributed by atoms with E-state index in [4.69, 9.17) is 9.47 Å². The van der Waals surface area contributed by atoms with Crippen molar-refractivity contribution < 1.29 is 24.2 Å². The van der Waals surface area contributed by atoms with Gasteiger partial charge in [-0.2, -0.15) is 0 Å². The fourth-order valence-corrected chi connectivity index (χ4v) is 5.09. The summed E-state index contributed by atoms with van der Waals surface area (Å²) >= 11 is 0.